The van der Waals surface area contributed by atoms with E-state index in [0.29, 0.717) is 24.2 Å². The lowest BCUT2D eigenvalue weighted by molar-refractivity contribution is -0.133. The summed E-state index contributed by atoms with van der Waals surface area (Å²) in [5.41, 5.74) is 4.09. The zero-order chi connectivity index (χ0) is 17.9. The number of carbonyl (C=O) groups excluding carboxylic acids is 1. The lowest BCUT2D eigenvalue weighted by atomic mass is 10.0. The highest BCUT2D eigenvalue weighted by Gasteiger charge is 2.28. The third kappa shape index (κ3) is 3.70. The Kier molecular flexibility index (Phi) is 5.11. The summed E-state index contributed by atoms with van der Waals surface area (Å²) in [6, 6.07) is 12.9. The van der Waals surface area contributed by atoms with E-state index >= 15 is 0 Å². The summed E-state index contributed by atoms with van der Waals surface area (Å²) in [5.74, 6) is 1.21. The highest BCUT2D eigenvalue weighted by atomic mass is 16.5. The van der Waals surface area contributed by atoms with Gasteiger partial charge < -0.3 is 14.2 Å². The number of carbonyl (C=O) groups is 1. The molecule has 4 rings (SSSR count). The third-order valence-corrected chi connectivity index (χ3v) is 5.89. The molecule has 1 aliphatic heterocycles. The minimum Gasteiger partial charge on any atom is -0.385 e. The lowest BCUT2D eigenvalue weighted by Crippen LogP contribution is -2.35. The first-order valence-electron chi connectivity index (χ1n) is 9.70. The van der Waals surface area contributed by atoms with Gasteiger partial charge in [-0.1, -0.05) is 24.3 Å². The van der Waals surface area contributed by atoms with Gasteiger partial charge in [-0.25, -0.2) is 0 Å². The summed E-state index contributed by atoms with van der Waals surface area (Å²) < 4.78 is 7.59. The third-order valence-electron chi connectivity index (χ3n) is 5.89. The van der Waals surface area contributed by atoms with Crippen molar-refractivity contribution < 1.29 is 9.53 Å². The Morgan fingerprint density at radius 3 is 2.58 bits per heavy atom. The molecule has 138 valence electrons. The summed E-state index contributed by atoms with van der Waals surface area (Å²) in [5, 5.41) is 0. The number of aromatic nitrogens is 1. The largest absolute Gasteiger partial charge is 0.385 e. The second-order valence-electron chi connectivity index (χ2n) is 7.82. The van der Waals surface area contributed by atoms with Crippen LogP contribution in [0.5, 0.6) is 0 Å². The van der Waals surface area contributed by atoms with Gasteiger partial charge in [-0.15, -0.1) is 0 Å². The van der Waals surface area contributed by atoms with Crippen LogP contribution in [0.25, 0.3) is 0 Å². The van der Waals surface area contributed by atoms with E-state index < -0.39 is 0 Å². The number of amides is 1. The van der Waals surface area contributed by atoms with Crippen molar-refractivity contribution in [1.82, 2.24) is 9.47 Å². The van der Waals surface area contributed by atoms with Crippen molar-refractivity contribution in [2.75, 3.05) is 20.3 Å². The molecule has 26 heavy (non-hydrogen) atoms. The topological polar surface area (TPSA) is 34.5 Å². The second-order valence-corrected chi connectivity index (χ2v) is 7.82. The Balaban J connectivity index is 1.43. The first kappa shape index (κ1) is 17.3. The Morgan fingerprint density at radius 2 is 1.85 bits per heavy atom. The number of fused-ring (bicyclic) bond motifs is 2. The Hall–Kier alpha value is -2.07. The molecule has 1 atom stereocenters. The van der Waals surface area contributed by atoms with Crippen molar-refractivity contribution >= 4 is 5.91 Å². The fraction of sp³-hybridized carbons (Fsp3) is 0.500. The van der Waals surface area contributed by atoms with Crippen LogP contribution >= 0.6 is 0 Å². The van der Waals surface area contributed by atoms with Crippen molar-refractivity contribution in [3.8, 4) is 0 Å². The van der Waals surface area contributed by atoms with Gasteiger partial charge in [0.2, 0.25) is 5.91 Å². The molecule has 0 saturated carbocycles. The van der Waals surface area contributed by atoms with Crippen molar-refractivity contribution in [3.63, 3.8) is 0 Å². The molecular weight excluding hydrogens is 324 g/mol. The summed E-state index contributed by atoms with van der Waals surface area (Å²) in [6.45, 7) is 3.30. The van der Waals surface area contributed by atoms with Crippen LogP contribution in [0.4, 0.5) is 0 Å². The van der Waals surface area contributed by atoms with Gasteiger partial charge >= 0.3 is 0 Å². The van der Waals surface area contributed by atoms with Crippen LogP contribution in [0.15, 0.2) is 42.6 Å². The van der Waals surface area contributed by atoms with Crippen LogP contribution in [-0.4, -0.2) is 35.6 Å². The van der Waals surface area contributed by atoms with Crippen LogP contribution in [-0.2, 0) is 35.5 Å². The Bertz CT molecular complexity index is 742. The van der Waals surface area contributed by atoms with Crippen LogP contribution in [0.1, 0.15) is 29.7 Å². The van der Waals surface area contributed by atoms with E-state index in [1.165, 1.54) is 16.8 Å². The van der Waals surface area contributed by atoms with E-state index in [1.54, 1.807) is 7.11 Å². The van der Waals surface area contributed by atoms with Crippen molar-refractivity contribution in [1.29, 1.82) is 0 Å². The first-order valence-corrected chi connectivity index (χ1v) is 9.70. The minimum absolute atomic E-state index is 0.305. The molecule has 1 aromatic carbocycles. The van der Waals surface area contributed by atoms with E-state index in [4.69, 9.17) is 4.74 Å². The van der Waals surface area contributed by atoms with Gasteiger partial charge in [-0.2, -0.15) is 0 Å². The smallest absolute Gasteiger partial charge is 0.223 e. The highest BCUT2D eigenvalue weighted by Crippen LogP contribution is 2.30. The molecule has 0 saturated heterocycles. The van der Waals surface area contributed by atoms with E-state index in [0.717, 1.165) is 45.5 Å². The SMILES string of the molecule is COCC[C@H]1CN(C(=O)CC2Cc3ccccc3C2)Cc2cccn2C1. The molecule has 0 radical (unpaired) electrons. The molecule has 0 fully saturated rings. The number of hydrogen-bond acceptors (Lipinski definition) is 2. The predicted molar refractivity (Wildman–Crippen MR) is 102 cm³/mol. The molecule has 1 aromatic heterocycles. The first-order chi connectivity index (χ1) is 12.7. The molecule has 1 aliphatic carbocycles. The molecule has 2 aliphatic rings. The van der Waals surface area contributed by atoms with Crippen LogP contribution in [0.3, 0.4) is 0 Å². The number of rotatable bonds is 5. The lowest BCUT2D eigenvalue weighted by Gasteiger charge is -2.25. The monoisotopic (exact) mass is 352 g/mol. The summed E-state index contributed by atoms with van der Waals surface area (Å²) in [6.07, 6.45) is 5.87. The van der Waals surface area contributed by atoms with Crippen LogP contribution in [0.2, 0.25) is 0 Å². The Morgan fingerprint density at radius 1 is 1.08 bits per heavy atom. The van der Waals surface area contributed by atoms with Crippen molar-refractivity contribution in [2.45, 2.75) is 38.8 Å². The maximum absolute atomic E-state index is 13.1. The quantitative estimate of drug-likeness (QED) is 0.828. The molecule has 2 aromatic rings. The maximum Gasteiger partial charge on any atom is 0.223 e. The average molecular weight is 352 g/mol. The molecule has 4 heteroatoms. The van der Waals surface area contributed by atoms with Gasteiger partial charge in [0.1, 0.15) is 0 Å². The van der Waals surface area contributed by atoms with Crippen LogP contribution < -0.4 is 0 Å². The molecule has 4 nitrogen and oxygen atoms in total. The van der Waals surface area contributed by atoms with E-state index in [-0.39, 0.29) is 0 Å². The van der Waals surface area contributed by atoms with Gasteiger partial charge in [-0.05, 0) is 54.4 Å². The van der Waals surface area contributed by atoms with Gasteiger partial charge in [0.05, 0.1) is 6.54 Å². The molecular formula is C22H28N2O2. The second kappa shape index (κ2) is 7.67. The van der Waals surface area contributed by atoms with Gasteiger partial charge in [-0.3, -0.25) is 4.79 Å². The summed E-state index contributed by atoms with van der Waals surface area (Å²) >= 11 is 0. The normalized spacial score (nSPS) is 19.9. The van der Waals surface area contributed by atoms with Gasteiger partial charge in [0.15, 0.2) is 0 Å². The zero-order valence-corrected chi connectivity index (χ0v) is 15.6. The number of benzene rings is 1. The van der Waals surface area contributed by atoms with Gasteiger partial charge in [0.25, 0.3) is 0 Å². The van der Waals surface area contributed by atoms with E-state index in [1.807, 2.05) is 0 Å². The number of nitrogens with zero attached hydrogens (tertiary/aromatic N) is 2. The van der Waals surface area contributed by atoms with Crippen LogP contribution in [0, 0.1) is 11.8 Å². The maximum atomic E-state index is 13.1. The summed E-state index contributed by atoms with van der Waals surface area (Å²) in [4.78, 5) is 15.2. The number of ether oxygens (including phenoxy) is 1. The number of methoxy groups -OCH3 is 1. The molecule has 0 spiro atoms. The van der Waals surface area contributed by atoms with E-state index in [2.05, 4.69) is 52.1 Å². The average Bonchev–Trinajstić information content (AvgIpc) is 3.20. The molecule has 2 heterocycles. The number of hydrogen-bond donors (Lipinski definition) is 0. The molecule has 1 amide bonds. The minimum atomic E-state index is 0.305. The molecule has 0 unspecified atom stereocenters. The zero-order valence-electron chi connectivity index (χ0n) is 15.6. The van der Waals surface area contributed by atoms with Gasteiger partial charge in [0, 0.05) is 45.1 Å². The molecule has 0 bridgehead atoms. The standard InChI is InChI=1S/C22H28N2O2/c1-26-10-8-17-14-23-9-4-7-21(23)16-24(15-17)22(25)13-18-11-19-5-2-3-6-20(19)12-18/h2-7,9,17-18H,8,10-16H2,1H3/t17-/m1/s1. The molecule has 0 N–H and O–H groups in total. The predicted octanol–water partition coefficient (Wildman–Crippen LogP) is 3.29. The highest BCUT2D eigenvalue weighted by molar-refractivity contribution is 5.76. The Labute approximate surface area is 155 Å². The fourth-order valence-electron chi connectivity index (χ4n) is 4.51. The summed E-state index contributed by atoms with van der Waals surface area (Å²) in [7, 11) is 1.75. The van der Waals surface area contributed by atoms with Crippen molar-refractivity contribution in [2.24, 2.45) is 11.8 Å². The van der Waals surface area contributed by atoms with E-state index in [9.17, 15) is 4.79 Å². The van der Waals surface area contributed by atoms with Crippen molar-refractivity contribution in [3.05, 3.63) is 59.4 Å². The fourth-order valence-corrected chi connectivity index (χ4v) is 4.51.